The highest BCUT2D eigenvalue weighted by atomic mass is 79.9. The van der Waals surface area contributed by atoms with E-state index in [4.69, 9.17) is 0 Å². The van der Waals surface area contributed by atoms with Crippen LogP contribution >= 0.6 is 27.7 Å². The molecule has 0 aliphatic heterocycles. The van der Waals surface area contributed by atoms with Crippen LogP contribution in [0.25, 0.3) is 0 Å². The zero-order valence-corrected chi connectivity index (χ0v) is 20.1. The second-order valence-corrected chi connectivity index (χ2v) is 9.83. The maximum atomic E-state index is 13.1. The number of thioether (sulfide) groups is 1. The van der Waals surface area contributed by atoms with Crippen molar-refractivity contribution < 1.29 is 14.0 Å². The summed E-state index contributed by atoms with van der Waals surface area (Å²) in [5.41, 5.74) is 1.94. The van der Waals surface area contributed by atoms with Gasteiger partial charge in [-0.1, -0.05) is 53.0 Å². The van der Waals surface area contributed by atoms with Crippen molar-refractivity contribution in [3.8, 4) is 0 Å². The molecule has 0 spiro atoms. The third-order valence-electron chi connectivity index (χ3n) is 5.54. The van der Waals surface area contributed by atoms with Crippen molar-refractivity contribution >= 4 is 39.5 Å². The Bertz CT molecular complexity index is 870. The predicted octanol–water partition coefficient (Wildman–Crippen LogP) is 5.30. The van der Waals surface area contributed by atoms with E-state index in [1.54, 1.807) is 24.0 Å². The predicted molar refractivity (Wildman–Crippen MR) is 127 cm³/mol. The van der Waals surface area contributed by atoms with Crippen LogP contribution in [0, 0.1) is 5.82 Å². The molecule has 0 unspecified atom stereocenters. The molecule has 1 atom stereocenters. The van der Waals surface area contributed by atoms with Crippen LogP contribution in [0.4, 0.5) is 4.39 Å². The minimum absolute atomic E-state index is 0.0795. The summed E-state index contributed by atoms with van der Waals surface area (Å²) in [5.74, 6) is 0.424. The quantitative estimate of drug-likeness (QED) is 0.502. The molecule has 0 heterocycles. The van der Waals surface area contributed by atoms with Crippen LogP contribution in [-0.4, -0.2) is 34.6 Å². The molecule has 0 radical (unpaired) electrons. The van der Waals surface area contributed by atoms with Crippen molar-refractivity contribution in [2.24, 2.45) is 0 Å². The molecular weight excluding hydrogens is 479 g/mol. The molecule has 0 bridgehead atoms. The van der Waals surface area contributed by atoms with Gasteiger partial charge < -0.3 is 10.2 Å². The van der Waals surface area contributed by atoms with E-state index in [1.807, 2.05) is 24.3 Å². The normalized spacial score (nSPS) is 14.9. The smallest absolute Gasteiger partial charge is 0.242 e. The zero-order chi connectivity index (χ0) is 22.2. The van der Waals surface area contributed by atoms with E-state index in [1.165, 1.54) is 23.9 Å². The van der Waals surface area contributed by atoms with Crippen LogP contribution in [0.15, 0.2) is 53.0 Å². The van der Waals surface area contributed by atoms with Gasteiger partial charge in [-0.25, -0.2) is 4.39 Å². The summed E-state index contributed by atoms with van der Waals surface area (Å²) < 4.78 is 14.0. The zero-order valence-electron chi connectivity index (χ0n) is 17.7. The van der Waals surface area contributed by atoms with Crippen LogP contribution in [0.3, 0.4) is 0 Å². The Kier molecular flexibility index (Phi) is 8.96. The minimum atomic E-state index is -0.553. The van der Waals surface area contributed by atoms with Crippen molar-refractivity contribution in [1.29, 1.82) is 0 Å². The number of carbonyl (C=O) groups is 2. The molecule has 2 aromatic carbocycles. The molecule has 1 aliphatic carbocycles. The number of hydrogen-bond donors (Lipinski definition) is 1. The van der Waals surface area contributed by atoms with Crippen molar-refractivity contribution in [2.75, 3.05) is 5.75 Å². The second-order valence-electron chi connectivity index (χ2n) is 7.93. The fourth-order valence-corrected chi connectivity index (χ4v) is 4.82. The number of benzene rings is 2. The van der Waals surface area contributed by atoms with E-state index in [2.05, 4.69) is 21.2 Å². The van der Waals surface area contributed by atoms with Gasteiger partial charge in [0.1, 0.15) is 11.9 Å². The first-order valence-corrected chi connectivity index (χ1v) is 12.5. The highest BCUT2D eigenvalue weighted by Crippen LogP contribution is 2.20. The summed E-state index contributed by atoms with van der Waals surface area (Å²) in [6.07, 6.45) is 4.29. The highest BCUT2D eigenvalue weighted by molar-refractivity contribution is 9.10. The second kappa shape index (κ2) is 11.7. The number of rotatable bonds is 9. The molecule has 1 aliphatic rings. The molecule has 1 saturated carbocycles. The van der Waals surface area contributed by atoms with Crippen molar-refractivity contribution in [3.63, 3.8) is 0 Å². The van der Waals surface area contributed by atoms with Gasteiger partial charge in [0.2, 0.25) is 11.8 Å². The topological polar surface area (TPSA) is 49.4 Å². The maximum absolute atomic E-state index is 13.1. The Morgan fingerprint density at radius 1 is 1.10 bits per heavy atom. The highest BCUT2D eigenvalue weighted by Gasteiger charge is 2.28. The van der Waals surface area contributed by atoms with Gasteiger partial charge in [0, 0.05) is 22.8 Å². The van der Waals surface area contributed by atoms with E-state index in [-0.39, 0.29) is 29.4 Å². The largest absolute Gasteiger partial charge is 0.352 e. The summed E-state index contributed by atoms with van der Waals surface area (Å²) in [6, 6.07) is 13.7. The summed E-state index contributed by atoms with van der Waals surface area (Å²) in [6.45, 7) is 2.17. The Hall–Kier alpha value is -1.86. The van der Waals surface area contributed by atoms with Gasteiger partial charge in [-0.2, -0.15) is 0 Å². The van der Waals surface area contributed by atoms with Crippen molar-refractivity contribution in [3.05, 3.63) is 69.9 Å². The van der Waals surface area contributed by atoms with E-state index in [0.717, 1.165) is 41.3 Å². The maximum Gasteiger partial charge on any atom is 0.242 e. The standard InChI is InChI=1S/C24H28BrFN2O2S/c1-17(24(30)27-22-4-2-3-5-22)28(14-18-6-10-20(25)11-7-18)23(29)16-31-15-19-8-12-21(26)13-9-19/h6-13,17,22H,2-5,14-16H2,1H3,(H,27,30)/t17-/m0/s1. The average molecular weight is 507 g/mol. The van der Waals surface area contributed by atoms with Gasteiger partial charge in [-0.05, 0) is 55.2 Å². The number of carbonyl (C=O) groups excluding carboxylic acids is 2. The summed E-state index contributed by atoms with van der Waals surface area (Å²) in [4.78, 5) is 27.6. The molecule has 1 N–H and O–H groups in total. The third kappa shape index (κ3) is 7.35. The lowest BCUT2D eigenvalue weighted by molar-refractivity contribution is -0.138. The molecule has 2 amide bonds. The molecule has 7 heteroatoms. The lowest BCUT2D eigenvalue weighted by Crippen LogP contribution is -2.50. The van der Waals surface area contributed by atoms with Crippen LogP contribution in [-0.2, 0) is 21.9 Å². The van der Waals surface area contributed by atoms with Crippen LogP contribution in [0.2, 0.25) is 0 Å². The van der Waals surface area contributed by atoms with Gasteiger partial charge in [0.25, 0.3) is 0 Å². The Balaban J connectivity index is 1.64. The minimum Gasteiger partial charge on any atom is -0.352 e. The molecule has 3 rings (SSSR count). The monoisotopic (exact) mass is 506 g/mol. The first kappa shape index (κ1) is 23.8. The van der Waals surface area contributed by atoms with Gasteiger partial charge in [-0.3, -0.25) is 9.59 Å². The average Bonchev–Trinajstić information content (AvgIpc) is 3.27. The lowest BCUT2D eigenvalue weighted by Gasteiger charge is -2.29. The summed E-state index contributed by atoms with van der Waals surface area (Å²) >= 11 is 4.90. The van der Waals surface area contributed by atoms with Crippen molar-refractivity contribution in [2.45, 2.75) is 57.0 Å². The fourth-order valence-electron chi connectivity index (χ4n) is 3.68. The number of nitrogens with zero attached hydrogens (tertiary/aromatic N) is 1. The Morgan fingerprint density at radius 2 is 1.71 bits per heavy atom. The third-order valence-corrected chi connectivity index (χ3v) is 7.06. The number of hydrogen-bond acceptors (Lipinski definition) is 3. The summed E-state index contributed by atoms with van der Waals surface area (Å²) in [5, 5.41) is 3.11. The molecule has 2 aromatic rings. The Morgan fingerprint density at radius 3 is 2.35 bits per heavy atom. The first-order chi connectivity index (χ1) is 14.9. The first-order valence-electron chi connectivity index (χ1n) is 10.6. The molecule has 31 heavy (non-hydrogen) atoms. The van der Waals surface area contributed by atoms with E-state index >= 15 is 0 Å². The van der Waals surface area contributed by atoms with Crippen LogP contribution < -0.4 is 5.32 Å². The molecular formula is C24H28BrFN2O2S. The van der Waals surface area contributed by atoms with Crippen molar-refractivity contribution in [1.82, 2.24) is 10.2 Å². The lowest BCUT2D eigenvalue weighted by atomic mass is 10.1. The van der Waals surface area contributed by atoms with Gasteiger partial charge in [0.05, 0.1) is 5.75 Å². The van der Waals surface area contributed by atoms with Gasteiger partial charge in [-0.15, -0.1) is 11.8 Å². The number of halogens is 2. The number of nitrogens with one attached hydrogen (secondary N) is 1. The van der Waals surface area contributed by atoms with E-state index in [0.29, 0.717) is 12.3 Å². The SMILES string of the molecule is C[C@@H](C(=O)NC1CCCC1)N(Cc1ccc(Br)cc1)C(=O)CSCc1ccc(F)cc1. The fraction of sp³-hybridized carbons (Fsp3) is 0.417. The Labute approximate surface area is 196 Å². The van der Waals surface area contributed by atoms with Gasteiger partial charge >= 0.3 is 0 Å². The number of amides is 2. The van der Waals surface area contributed by atoms with E-state index < -0.39 is 6.04 Å². The van der Waals surface area contributed by atoms with Crippen LogP contribution in [0.5, 0.6) is 0 Å². The molecule has 0 aromatic heterocycles. The summed E-state index contributed by atoms with van der Waals surface area (Å²) in [7, 11) is 0. The molecule has 0 saturated heterocycles. The van der Waals surface area contributed by atoms with E-state index in [9.17, 15) is 14.0 Å². The molecule has 4 nitrogen and oxygen atoms in total. The van der Waals surface area contributed by atoms with Crippen LogP contribution in [0.1, 0.15) is 43.7 Å². The van der Waals surface area contributed by atoms with Gasteiger partial charge in [0.15, 0.2) is 0 Å². The molecule has 166 valence electrons. The molecule has 1 fully saturated rings.